The molecule has 0 rings (SSSR count). The molecule has 198 valence electrons. The smallest absolute Gasteiger partial charge is 0.323 e. The molecule has 0 aliphatic rings. The fourth-order valence-electron chi connectivity index (χ4n) is 1.39. The van der Waals surface area contributed by atoms with E-state index in [0.717, 1.165) is 6.42 Å². The summed E-state index contributed by atoms with van der Waals surface area (Å²) in [5, 5.41) is 49.1. The molecule has 0 aromatic rings. The molecule has 0 spiro atoms. The number of aliphatic hydroxyl groups excluding tert-OH is 2. The quantitative estimate of drug-likeness (QED) is 0.161. The summed E-state index contributed by atoms with van der Waals surface area (Å²) < 4.78 is 0. The highest BCUT2D eigenvalue weighted by molar-refractivity contribution is 5.74. The number of carboxylic acid groups (broad SMARTS) is 4. The van der Waals surface area contributed by atoms with Crippen molar-refractivity contribution in [3.05, 3.63) is 0 Å². The minimum absolute atomic E-state index is 0.0718. The average Bonchev–Trinajstić information content (AvgIpc) is 2.71. The summed E-state index contributed by atoms with van der Waals surface area (Å²) in [6.07, 6.45) is 0.385. The second kappa shape index (κ2) is 21.5. The van der Waals surface area contributed by atoms with E-state index in [1.165, 1.54) is 6.92 Å². The molecule has 6 unspecified atom stereocenters. The van der Waals surface area contributed by atoms with Gasteiger partial charge in [-0.15, -0.1) is 0 Å². The molecule has 0 aromatic carbocycles. The zero-order chi connectivity index (χ0) is 27.5. The standard InChI is InChI=1S/2C6H13NO2.C4H9NO3.C3H7NO3/c1-4(2)3-5(7)6(8)9;1-3-4(2)5(7)6(8)9;1-2(6)3(5)4(7)8;4-2(1-5)3(6)7/h2*4-5H,3,7H2,1-2H3,(H,8,9);2-3,6H,5H2,1H3,(H,7,8);2,5H,1,4H2,(H,6,7). The van der Waals surface area contributed by atoms with Crippen molar-refractivity contribution in [3.8, 4) is 0 Å². The van der Waals surface area contributed by atoms with Crippen molar-refractivity contribution in [1.29, 1.82) is 0 Å². The van der Waals surface area contributed by atoms with E-state index in [-0.39, 0.29) is 5.92 Å². The number of aliphatic hydroxyl groups is 2. The third-order valence-corrected chi connectivity index (χ3v) is 3.90. The molecular formula is C19H42N4O10. The highest BCUT2D eigenvalue weighted by Gasteiger charge is 2.17. The summed E-state index contributed by atoms with van der Waals surface area (Å²) >= 11 is 0. The molecule has 0 saturated carbocycles. The Morgan fingerprint density at radius 3 is 1.12 bits per heavy atom. The number of aliphatic carboxylic acids is 4. The third kappa shape index (κ3) is 25.8. The van der Waals surface area contributed by atoms with Crippen LogP contribution in [0, 0.1) is 11.8 Å². The third-order valence-electron chi connectivity index (χ3n) is 3.90. The molecular weight excluding hydrogens is 444 g/mol. The summed E-state index contributed by atoms with van der Waals surface area (Å²) in [4.78, 5) is 39.8. The molecule has 14 nitrogen and oxygen atoms in total. The molecule has 0 bridgehead atoms. The van der Waals surface area contributed by atoms with Crippen LogP contribution in [0.15, 0.2) is 0 Å². The number of rotatable bonds is 10. The van der Waals surface area contributed by atoms with Gasteiger partial charge in [0.1, 0.15) is 24.2 Å². The Labute approximate surface area is 193 Å². The lowest BCUT2D eigenvalue weighted by atomic mass is 10.0. The molecule has 0 aliphatic carbocycles. The predicted octanol–water partition coefficient (Wildman–Crippen LogP) is -1.94. The highest BCUT2D eigenvalue weighted by Crippen LogP contribution is 2.04. The van der Waals surface area contributed by atoms with Gasteiger partial charge in [0.25, 0.3) is 0 Å². The van der Waals surface area contributed by atoms with Crippen LogP contribution in [0.4, 0.5) is 0 Å². The predicted molar refractivity (Wildman–Crippen MR) is 120 cm³/mol. The van der Waals surface area contributed by atoms with Crippen LogP contribution in [0.5, 0.6) is 0 Å². The van der Waals surface area contributed by atoms with Gasteiger partial charge in [-0.2, -0.15) is 0 Å². The minimum Gasteiger partial charge on any atom is -0.480 e. The number of carbonyl (C=O) groups is 4. The fourth-order valence-corrected chi connectivity index (χ4v) is 1.39. The van der Waals surface area contributed by atoms with E-state index < -0.39 is 60.8 Å². The maximum Gasteiger partial charge on any atom is 0.323 e. The van der Waals surface area contributed by atoms with Crippen molar-refractivity contribution < 1.29 is 49.8 Å². The zero-order valence-corrected chi connectivity index (χ0v) is 19.8. The Hall–Kier alpha value is -2.36. The van der Waals surface area contributed by atoms with Gasteiger partial charge in [0.2, 0.25) is 0 Å². The molecule has 0 fully saturated rings. The van der Waals surface area contributed by atoms with E-state index in [0.29, 0.717) is 12.3 Å². The van der Waals surface area contributed by atoms with Gasteiger partial charge in [-0.3, -0.25) is 19.2 Å². The monoisotopic (exact) mass is 486 g/mol. The first-order chi connectivity index (χ1) is 14.9. The van der Waals surface area contributed by atoms with E-state index in [2.05, 4.69) is 0 Å². The van der Waals surface area contributed by atoms with Gasteiger partial charge in [-0.1, -0.05) is 34.1 Å². The summed E-state index contributed by atoms with van der Waals surface area (Å²) in [7, 11) is 0. The Morgan fingerprint density at radius 1 is 0.697 bits per heavy atom. The van der Waals surface area contributed by atoms with Gasteiger partial charge in [0, 0.05) is 0 Å². The van der Waals surface area contributed by atoms with Crippen LogP contribution in [0.2, 0.25) is 0 Å². The van der Waals surface area contributed by atoms with Crippen molar-refractivity contribution in [2.45, 2.75) is 77.7 Å². The van der Waals surface area contributed by atoms with Crippen LogP contribution in [-0.2, 0) is 19.2 Å². The Morgan fingerprint density at radius 2 is 1.06 bits per heavy atom. The fraction of sp³-hybridized carbons (Fsp3) is 0.789. The zero-order valence-electron chi connectivity index (χ0n) is 19.8. The first-order valence-corrected chi connectivity index (χ1v) is 10.1. The topological polar surface area (TPSA) is 294 Å². The van der Waals surface area contributed by atoms with Gasteiger partial charge < -0.3 is 53.6 Å². The van der Waals surface area contributed by atoms with Gasteiger partial charge in [0.05, 0.1) is 12.7 Å². The van der Waals surface area contributed by atoms with Gasteiger partial charge in [-0.05, 0) is 25.2 Å². The van der Waals surface area contributed by atoms with Crippen molar-refractivity contribution in [2.75, 3.05) is 6.61 Å². The van der Waals surface area contributed by atoms with Gasteiger partial charge in [-0.25, -0.2) is 0 Å². The van der Waals surface area contributed by atoms with Crippen molar-refractivity contribution in [2.24, 2.45) is 34.8 Å². The first kappa shape index (κ1) is 37.9. The van der Waals surface area contributed by atoms with Crippen LogP contribution in [0.3, 0.4) is 0 Å². The largest absolute Gasteiger partial charge is 0.480 e. The minimum atomic E-state index is -1.18. The maximum atomic E-state index is 10.2. The van der Waals surface area contributed by atoms with E-state index >= 15 is 0 Å². The SMILES string of the molecule is CC(C)CC(N)C(=O)O.CC(O)C(N)C(=O)O.CCC(C)C(N)C(=O)O.NC(CO)C(=O)O. The normalized spacial score (nSPS) is 15.4. The van der Waals surface area contributed by atoms with E-state index in [9.17, 15) is 19.2 Å². The van der Waals surface area contributed by atoms with Gasteiger partial charge in [0.15, 0.2) is 0 Å². The highest BCUT2D eigenvalue weighted by atomic mass is 16.4. The molecule has 0 heterocycles. The molecule has 14 N–H and O–H groups in total. The number of nitrogens with two attached hydrogens (primary N) is 4. The van der Waals surface area contributed by atoms with Gasteiger partial charge >= 0.3 is 23.9 Å². The number of carboxylic acids is 4. The van der Waals surface area contributed by atoms with Crippen LogP contribution in [-0.4, -0.2) is 91.4 Å². The molecule has 0 saturated heterocycles. The van der Waals surface area contributed by atoms with E-state index in [1.807, 2.05) is 27.7 Å². The molecule has 0 aliphatic heterocycles. The van der Waals surface area contributed by atoms with Crippen molar-refractivity contribution in [1.82, 2.24) is 0 Å². The molecule has 33 heavy (non-hydrogen) atoms. The molecule has 0 aromatic heterocycles. The van der Waals surface area contributed by atoms with Crippen LogP contribution >= 0.6 is 0 Å². The summed E-state index contributed by atoms with van der Waals surface area (Å²) in [6.45, 7) is 8.48. The summed E-state index contributed by atoms with van der Waals surface area (Å²) in [5.41, 5.74) is 20.2. The first-order valence-electron chi connectivity index (χ1n) is 10.1. The molecule has 14 heteroatoms. The molecule has 6 atom stereocenters. The lowest BCUT2D eigenvalue weighted by Gasteiger charge is -2.11. The van der Waals surface area contributed by atoms with Crippen LogP contribution in [0.25, 0.3) is 0 Å². The van der Waals surface area contributed by atoms with Crippen molar-refractivity contribution in [3.63, 3.8) is 0 Å². The van der Waals surface area contributed by atoms with Crippen LogP contribution in [0.1, 0.15) is 47.5 Å². The van der Waals surface area contributed by atoms with Crippen LogP contribution < -0.4 is 22.9 Å². The average molecular weight is 487 g/mol. The Kier molecular flexibility index (Phi) is 24.7. The summed E-state index contributed by atoms with van der Waals surface area (Å²) in [6, 6.07) is -3.67. The second-order valence-corrected chi connectivity index (χ2v) is 7.56. The number of hydrogen-bond acceptors (Lipinski definition) is 10. The number of hydrogen-bond donors (Lipinski definition) is 10. The second-order valence-electron chi connectivity index (χ2n) is 7.56. The maximum absolute atomic E-state index is 10.2. The Bertz CT molecular complexity index is 561. The van der Waals surface area contributed by atoms with E-state index in [4.69, 9.17) is 53.6 Å². The Balaban J connectivity index is -0.000000171. The molecule has 0 amide bonds. The van der Waals surface area contributed by atoms with Crippen molar-refractivity contribution >= 4 is 23.9 Å². The lowest BCUT2D eigenvalue weighted by Crippen LogP contribution is -2.39. The molecule has 0 radical (unpaired) electrons. The summed E-state index contributed by atoms with van der Waals surface area (Å²) in [5.74, 6) is -3.76. The van der Waals surface area contributed by atoms with E-state index in [1.54, 1.807) is 0 Å². The lowest BCUT2D eigenvalue weighted by molar-refractivity contribution is -0.141.